The third-order valence-corrected chi connectivity index (χ3v) is 4.32. The quantitative estimate of drug-likeness (QED) is 0.495. The number of halogens is 2. The van der Waals surface area contributed by atoms with Gasteiger partial charge in [-0.3, -0.25) is 4.79 Å². The third kappa shape index (κ3) is 4.70. The second-order valence-electron chi connectivity index (χ2n) is 6.40. The van der Waals surface area contributed by atoms with Crippen LogP contribution in [0.15, 0.2) is 66.3 Å². The maximum absolute atomic E-state index is 13.3. The Balaban J connectivity index is 2.04. The monoisotopic (exact) mass is 381 g/mol. The molecular formula is C22H17F2NO3. The minimum absolute atomic E-state index is 0.0539. The molecule has 0 aromatic heterocycles. The summed E-state index contributed by atoms with van der Waals surface area (Å²) in [7, 11) is 0. The molecule has 0 amide bonds. The van der Waals surface area contributed by atoms with Crippen molar-refractivity contribution in [1.82, 2.24) is 0 Å². The van der Waals surface area contributed by atoms with Gasteiger partial charge in [-0.15, -0.1) is 0 Å². The molecule has 142 valence electrons. The average Bonchev–Trinajstić information content (AvgIpc) is 2.66. The van der Waals surface area contributed by atoms with E-state index in [1.165, 1.54) is 60.7 Å². The van der Waals surface area contributed by atoms with Crippen LogP contribution >= 0.6 is 0 Å². The van der Waals surface area contributed by atoms with E-state index in [1.807, 2.05) is 0 Å². The maximum Gasteiger partial charge on any atom is 0.309 e. The number of rotatable bonds is 4. The molecule has 1 fully saturated rings. The molecule has 3 rings (SSSR count). The number of esters is 1. The molecule has 0 aliphatic carbocycles. The lowest BCUT2D eigenvalue weighted by molar-refractivity contribution is -0.156. The van der Waals surface area contributed by atoms with Gasteiger partial charge < -0.3 is 9.84 Å². The highest BCUT2D eigenvalue weighted by Crippen LogP contribution is 2.28. The minimum Gasteiger partial charge on any atom is -0.458 e. The number of carbonyl (C=O) groups is 1. The fourth-order valence-corrected chi connectivity index (χ4v) is 3.02. The predicted octanol–water partition coefficient (Wildman–Crippen LogP) is 3.91. The van der Waals surface area contributed by atoms with Crippen LogP contribution in [0.5, 0.6) is 0 Å². The molecule has 1 N–H and O–H groups in total. The Labute approximate surface area is 161 Å². The van der Waals surface area contributed by atoms with E-state index < -0.39 is 29.8 Å². The van der Waals surface area contributed by atoms with Crippen LogP contribution in [0.2, 0.25) is 0 Å². The number of ether oxygens (including phenoxy) is 1. The van der Waals surface area contributed by atoms with Crippen LogP contribution in [0.25, 0.3) is 5.57 Å². The number of allylic oxidation sites excluding steroid dienone is 2. The van der Waals surface area contributed by atoms with Crippen LogP contribution in [-0.2, 0) is 9.53 Å². The first-order valence-electron chi connectivity index (χ1n) is 8.68. The molecule has 0 spiro atoms. The molecule has 2 aromatic carbocycles. The Bertz CT molecular complexity index is 909. The Morgan fingerprint density at radius 1 is 1.07 bits per heavy atom. The summed E-state index contributed by atoms with van der Waals surface area (Å²) in [6, 6.07) is 13.3. The van der Waals surface area contributed by atoms with Gasteiger partial charge in [0.1, 0.15) is 17.7 Å². The van der Waals surface area contributed by atoms with Crippen LogP contribution in [0, 0.1) is 23.0 Å². The SMILES string of the molecule is N#CC(/C=C/C1CC(O)CC(=O)O1)=C(c1ccc(F)cc1)c1ccc(F)cc1. The lowest BCUT2D eigenvalue weighted by Gasteiger charge is -2.23. The maximum atomic E-state index is 13.3. The highest BCUT2D eigenvalue weighted by molar-refractivity contribution is 5.85. The third-order valence-electron chi connectivity index (χ3n) is 4.32. The van der Waals surface area contributed by atoms with Gasteiger partial charge in [-0.1, -0.05) is 24.3 Å². The average molecular weight is 381 g/mol. The fourth-order valence-electron chi connectivity index (χ4n) is 3.02. The molecule has 2 unspecified atom stereocenters. The summed E-state index contributed by atoms with van der Waals surface area (Å²) in [6.07, 6.45) is 1.77. The highest BCUT2D eigenvalue weighted by atomic mass is 19.1. The molecular weight excluding hydrogens is 364 g/mol. The minimum atomic E-state index is -0.793. The van der Waals surface area contributed by atoms with Crippen LogP contribution in [0.4, 0.5) is 8.78 Å². The number of carbonyl (C=O) groups excluding carboxylic acids is 1. The van der Waals surface area contributed by atoms with Crippen molar-refractivity contribution >= 4 is 11.5 Å². The smallest absolute Gasteiger partial charge is 0.309 e. The number of hydrogen-bond acceptors (Lipinski definition) is 4. The van der Waals surface area contributed by atoms with Gasteiger partial charge in [0.25, 0.3) is 0 Å². The summed E-state index contributed by atoms with van der Waals surface area (Å²) >= 11 is 0. The molecule has 2 atom stereocenters. The Kier molecular flexibility index (Phi) is 5.97. The zero-order valence-electron chi connectivity index (χ0n) is 14.8. The van der Waals surface area contributed by atoms with Gasteiger partial charge in [0.05, 0.1) is 24.2 Å². The van der Waals surface area contributed by atoms with Gasteiger partial charge in [0, 0.05) is 12.0 Å². The molecule has 2 aromatic rings. The van der Waals surface area contributed by atoms with Crippen LogP contribution < -0.4 is 0 Å². The second kappa shape index (κ2) is 8.59. The fraction of sp³-hybridized carbons (Fsp3) is 0.182. The molecule has 6 heteroatoms. The van der Waals surface area contributed by atoms with Crippen molar-refractivity contribution in [1.29, 1.82) is 5.26 Å². The number of cyclic esters (lactones) is 1. The van der Waals surface area contributed by atoms with Gasteiger partial charge >= 0.3 is 5.97 Å². The Hall–Kier alpha value is -3.30. The summed E-state index contributed by atoms with van der Waals surface area (Å²) in [5.74, 6) is -1.34. The number of nitrogens with zero attached hydrogens (tertiary/aromatic N) is 1. The zero-order valence-corrected chi connectivity index (χ0v) is 14.8. The van der Waals surface area contributed by atoms with Crippen molar-refractivity contribution in [2.45, 2.75) is 25.0 Å². The summed E-state index contributed by atoms with van der Waals surface area (Å²) < 4.78 is 31.8. The van der Waals surface area contributed by atoms with Crippen molar-refractivity contribution in [2.75, 3.05) is 0 Å². The summed E-state index contributed by atoms with van der Waals surface area (Å²) in [4.78, 5) is 11.5. The predicted molar refractivity (Wildman–Crippen MR) is 98.7 cm³/mol. The molecule has 1 heterocycles. The number of benzene rings is 2. The van der Waals surface area contributed by atoms with Crippen LogP contribution in [0.3, 0.4) is 0 Å². The van der Waals surface area contributed by atoms with Crippen molar-refractivity contribution in [3.8, 4) is 6.07 Å². The molecule has 28 heavy (non-hydrogen) atoms. The normalized spacial score (nSPS) is 19.1. The lowest BCUT2D eigenvalue weighted by atomic mass is 9.92. The Morgan fingerprint density at radius 2 is 1.61 bits per heavy atom. The first-order chi connectivity index (χ1) is 13.5. The van der Waals surface area contributed by atoms with E-state index in [1.54, 1.807) is 0 Å². The van der Waals surface area contributed by atoms with Gasteiger partial charge in [0.2, 0.25) is 0 Å². The molecule has 4 nitrogen and oxygen atoms in total. The summed E-state index contributed by atoms with van der Waals surface area (Å²) in [6.45, 7) is 0. The first kappa shape index (κ1) is 19.5. The van der Waals surface area contributed by atoms with E-state index in [2.05, 4.69) is 6.07 Å². The van der Waals surface area contributed by atoms with E-state index in [0.29, 0.717) is 16.7 Å². The summed E-state index contributed by atoms with van der Waals surface area (Å²) in [5.41, 5.74) is 1.88. The van der Waals surface area contributed by atoms with Crippen molar-refractivity contribution < 1.29 is 23.4 Å². The van der Waals surface area contributed by atoms with Gasteiger partial charge in [-0.25, -0.2) is 8.78 Å². The molecule has 1 aliphatic rings. The van der Waals surface area contributed by atoms with Crippen LogP contribution in [-0.4, -0.2) is 23.3 Å². The molecule has 0 saturated carbocycles. The number of nitriles is 1. The largest absolute Gasteiger partial charge is 0.458 e. The van der Waals surface area contributed by atoms with E-state index in [0.717, 1.165) is 0 Å². The van der Waals surface area contributed by atoms with E-state index in [-0.39, 0.29) is 18.4 Å². The highest BCUT2D eigenvalue weighted by Gasteiger charge is 2.25. The second-order valence-corrected chi connectivity index (χ2v) is 6.40. The standard InChI is InChI=1S/C22H17F2NO3/c23-17-6-1-14(2-7-17)22(15-3-8-18(24)9-4-15)16(13-25)5-10-20-11-19(26)12-21(27)28-20/h1-10,19-20,26H,11-12H2/b10-5+. The number of hydrogen-bond donors (Lipinski definition) is 1. The topological polar surface area (TPSA) is 70.3 Å². The van der Waals surface area contributed by atoms with Gasteiger partial charge in [-0.05, 0) is 47.5 Å². The first-order valence-corrected chi connectivity index (χ1v) is 8.68. The zero-order chi connectivity index (χ0) is 20.1. The number of aliphatic hydroxyl groups excluding tert-OH is 1. The van der Waals surface area contributed by atoms with E-state index in [4.69, 9.17) is 4.74 Å². The molecule has 1 aliphatic heterocycles. The van der Waals surface area contributed by atoms with Gasteiger partial charge in [-0.2, -0.15) is 5.26 Å². The Morgan fingerprint density at radius 3 is 2.07 bits per heavy atom. The molecule has 0 bridgehead atoms. The molecule has 0 radical (unpaired) electrons. The van der Waals surface area contributed by atoms with Gasteiger partial charge in [0.15, 0.2) is 0 Å². The van der Waals surface area contributed by atoms with E-state index >= 15 is 0 Å². The lowest BCUT2D eigenvalue weighted by Crippen LogP contribution is -2.31. The molecule has 1 saturated heterocycles. The van der Waals surface area contributed by atoms with Crippen molar-refractivity contribution in [3.05, 3.63) is 89.0 Å². The van der Waals surface area contributed by atoms with Crippen LogP contribution in [0.1, 0.15) is 24.0 Å². The number of aliphatic hydroxyl groups is 1. The summed E-state index contributed by atoms with van der Waals surface area (Å²) in [5, 5.41) is 19.4. The van der Waals surface area contributed by atoms with Crippen molar-refractivity contribution in [3.63, 3.8) is 0 Å². The van der Waals surface area contributed by atoms with Crippen molar-refractivity contribution in [2.24, 2.45) is 0 Å². The van der Waals surface area contributed by atoms with E-state index in [9.17, 15) is 23.9 Å².